The van der Waals surface area contributed by atoms with E-state index in [1.807, 2.05) is 60.7 Å². The van der Waals surface area contributed by atoms with Crippen molar-refractivity contribution in [1.29, 1.82) is 0 Å². The molecule has 0 heterocycles. The summed E-state index contributed by atoms with van der Waals surface area (Å²) in [7, 11) is 1.82. The fourth-order valence-electron chi connectivity index (χ4n) is 3.40. The molecule has 4 aromatic carbocycles. The summed E-state index contributed by atoms with van der Waals surface area (Å²) in [5.74, 6) is -0.0476. The van der Waals surface area contributed by atoms with E-state index in [1.165, 1.54) is 12.1 Å². The largest absolute Gasteiger partial charge is 0.507 e. The van der Waals surface area contributed by atoms with Crippen LogP contribution in [0.5, 0.6) is 5.75 Å². The lowest BCUT2D eigenvalue weighted by atomic mass is 9.98. The van der Waals surface area contributed by atoms with Crippen molar-refractivity contribution >= 4 is 25.4 Å². The van der Waals surface area contributed by atoms with Crippen LogP contribution in [-0.2, 0) is 0 Å². The number of hydrogen-bond donors (Lipinski definition) is 1. The molecule has 0 fully saturated rings. The Morgan fingerprint density at radius 1 is 0.767 bits per heavy atom. The van der Waals surface area contributed by atoms with Crippen LogP contribution in [0.25, 0.3) is 22.3 Å². The molecule has 1 N–H and O–H groups in total. The normalized spacial score (nSPS) is 11.5. The molecule has 0 amide bonds. The lowest BCUT2D eigenvalue weighted by molar-refractivity contribution is 0.482. The average molecular weight is 413 g/mol. The summed E-state index contributed by atoms with van der Waals surface area (Å²) in [5.41, 5.74) is 4.57. The maximum atomic E-state index is 13.8. The second kappa shape index (κ2) is 9.02. The number of phenols is 1. The third kappa shape index (κ3) is 4.32. The van der Waals surface area contributed by atoms with Crippen molar-refractivity contribution in [3.8, 4) is 28.0 Å². The van der Waals surface area contributed by atoms with Gasteiger partial charge in [-0.25, -0.2) is 4.39 Å². The molecule has 0 saturated carbocycles. The van der Waals surface area contributed by atoms with Gasteiger partial charge in [-0.2, -0.15) is 0 Å². The van der Waals surface area contributed by atoms with Gasteiger partial charge in [0.2, 0.25) is 0 Å². The fraction of sp³-hybridized carbons (Fsp3) is 0.0385. The molecule has 4 aromatic rings. The third-order valence-electron chi connectivity index (χ3n) is 4.85. The van der Waals surface area contributed by atoms with Crippen molar-refractivity contribution in [1.82, 2.24) is 0 Å². The maximum Gasteiger partial charge on any atom is 0.131 e. The van der Waals surface area contributed by atoms with E-state index in [4.69, 9.17) is 0 Å². The summed E-state index contributed by atoms with van der Waals surface area (Å²) in [6, 6.07) is 28.7. The quantitative estimate of drug-likeness (QED) is 0.338. The highest BCUT2D eigenvalue weighted by atomic mass is 31.1. The molecule has 0 aromatic heterocycles. The van der Waals surface area contributed by atoms with E-state index in [0.29, 0.717) is 0 Å². The molecule has 0 radical (unpaired) electrons. The Morgan fingerprint density at radius 2 is 1.43 bits per heavy atom. The van der Waals surface area contributed by atoms with Crippen LogP contribution in [0.1, 0.15) is 5.56 Å². The Morgan fingerprint density at radius 3 is 2.10 bits per heavy atom. The number of halogens is 1. The Hall–Kier alpha value is -3.29. The van der Waals surface area contributed by atoms with Gasteiger partial charge in [0.1, 0.15) is 11.6 Å². The molecule has 0 saturated heterocycles. The average Bonchev–Trinajstić information content (AvgIpc) is 2.78. The molecule has 2 nitrogen and oxygen atoms in total. The molecular weight excluding hydrogens is 392 g/mol. The van der Waals surface area contributed by atoms with E-state index in [0.717, 1.165) is 38.4 Å². The van der Waals surface area contributed by atoms with Crippen LogP contribution in [0.4, 0.5) is 4.39 Å². The molecule has 0 aliphatic rings. The first kappa shape index (κ1) is 20.0. The number of aromatic hydroxyl groups is 1. The summed E-state index contributed by atoms with van der Waals surface area (Å²) < 4.78 is 13.8. The minimum atomic E-state index is -0.300. The number of rotatable bonds is 5. The van der Waals surface area contributed by atoms with E-state index in [1.54, 1.807) is 19.3 Å². The van der Waals surface area contributed by atoms with Gasteiger partial charge in [-0.3, -0.25) is 4.99 Å². The lowest BCUT2D eigenvalue weighted by Gasteiger charge is -2.15. The van der Waals surface area contributed by atoms with Crippen LogP contribution in [0.15, 0.2) is 96.0 Å². The van der Waals surface area contributed by atoms with E-state index in [-0.39, 0.29) is 20.1 Å². The third-order valence-corrected chi connectivity index (χ3v) is 6.23. The Kier molecular flexibility index (Phi) is 6.02. The summed E-state index contributed by atoms with van der Waals surface area (Å²) in [4.78, 5) is 4.05. The lowest BCUT2D eigenvalue weighted by Crippen LogP contribution is -2.11. The van der Waals surface area contributed by atoms with E-state index in [9.17, 15) is 9.50 Å². The molecule has 4 heteroatoms. The first-order valence-corrected chi connectivity index (χ1v) is 10.6. The zero-order valence-electron chi connectivity index (χ0n) is 16.5. The van der Waals surface area contributed by atoms with E-state index >= 15 is 0 Å². The SMILES string of the molecule is CN=Cc1cc(F)ccc1Pc1cc(-c2ccccc2)cc(-c2ccccc2)c1O. The second-order valence-electron chi connectivity index (χ2n) is 6.90. The van der Waals surface area contributed by atoms with Gasteiger partial charge in [0.05, 0.1) is 0 Å². The first-order chi connectivity index (χ1) is 14.7. The van der Waals surface area contributed by atoms with E-state index < -0.39 is 0 Å². The molecule has 0 bridgehead atoms. The predicted molar refractivity (Wildman–Crippen MR) is 126 cm³/mol. The molecule has 1 atom stereocenters. The van der Waals surface area contributed by atoms with Crippen molar-refractivity contribution < 1.29 is 9.50 Å². The first-order valence-electron chi connectivity index (χ1n) is 9.62. The van der Waals surface area contributed by atoms with E-state index in [2.05, 4.69) is 17.1 Å². The standard InChI is InChI=1S/C26H21FNOP/c1-28-17-21-14-22(27)12-13-24(21)30-25-16-20(18-8-4-2-5-9-18)15-23(26(25)29)19-10-6-3-7-11-19/h2-17,29-30H,1H3. The summed E-state index contributed by atoms with van der Waals surface area (Å²) in [6.45, 7) is 0. The van der Waals surface area contributed by atoms with Gasteiger partial charge in [-0.15, -0.1) is 0 Å². The summed E-state index contributed by atoms with van der Waals surface area (Å²) >= 11 is 0. The van der Waals surface area contributed by atoms with Crippen LogP contribution in [0.3, 0.4) is 0 Å². The second-order valence-corrected chi connectivity index (χ2v) is 8.22. The number of nitrogens with zero attached hydrogens (tertiary/aromatic N) is 1. The highest BCUT2D eigenvalue weighted by molar-refractivity contribution is 7.56. The van der Waals surface area contributed by atoms with Crippen molar-refractivity contribution in [2.24, 2.45) is 4.99 Å². The van der Waals surface area contributed by atoms with Gasteiger partial charge in [0.25, 0.3) is 0 Å². The van der Waals surface area contributed by atoms with Crippen molar-refractivity contribution in [3.63, 3.8) is 0 Å². The summed E-state index contributed by atoms with van der Waals surface area (Å²) in [6.07, 6.45) is 1.65. The monoisotopic (exact) mass is 413 g/mol. The van der Waals surface area contributed by atoms with Gasteiger partial charge in [-0.05, 0) is 46.3 Å². The van der Waals surface area contributed by atoms with Crippen molar-refractivity contribution in [2.45, 2.75) is 0 Å². The van der Waals surface area contributed by atoms with Gasteiger partial charge in [-0.1, -0.05) is 75.3 Å². The molecule has 0 aliphatic heterocycles. The van der Waals surface area contributed by atoms with Gasteiger partial charge in [0.15, 0.2) is 0 Å². The topological polar surface area (TPSA) is 32.6 Å². The van der Waals surface area contributed by atoms with Crippen LogP contribution in [-0.4, -0.2) is 18.4 Å². The molecular formula is C26H21FNOP. The fourth-order valence-corrected chi connectivity index (χ4v) is 4.62. The van der Waals surface area contributed by atoms with Gasteiger partial charge in [0, 0.05) is 29.7 Å². The van der Waals surface area contributed by atoms with Crippen molar-refractivity contribution in [2.75, 3.05) is 7.05 Å². The van der Waals surface area contributed by atoms with Crippen molar-refractivity contribution in [3.05, 3.63) is 102 Å². The zero-order chi connectivity index (χ0) is 20.9. The van der Waals surface area contributed by atoms with Crippen LogP contribution in [0.2, 0.25) is 0 Å². The highest BCUT2D eigenvalue weighted by Gasteiger charge is 2.15. The summed E-state index contributed by atoms with van der Waals surface area (Å²) in [5, 5.41) is 12.9. The molecule has 0 spiro atoms. The van der Waals surface area contributed by atoms with Gasteiger partial charge >= 0.3 is 0 Å². The highest BCUT2D eigenvalue weighted by Crippen LogP contribution is 2.35. The predicted octanol–water partition coefficient (Wildman–Crippen LogP) is 5.54. The van der Waals surface area contributed by atoms with Crippen LogP contribution < -0.4 is 10.6 Å². The number of hydrogen-bond acceptors (Lipinski definition) is 2. The molecule has 0 aliphatic carbocycles. The molecule has 148 valence electrons. The molecule has 1 unspecified atom stereocenters. The van der Waals surface area contributed by atoms with Crippen LogP contribution >= 0.6 is 8.58 Å². The Balaban J connectivity index is 1.87. The zero-order valence-corrected chi connectivity index (χ0v) is 17.5. The maximum absolute atomic E-state index is 13.8. The van der Waals surface area contributed by atoms with Crippen LogP contribution in [0, 0.1) is 5.82 Å². The Labute approximate surface area is 177 Å². The Bertz CT molecular complexity index is 1190. The van der Waals surface area contributed by atoms with Gasteiger partial charge < -0.3 is 5.11 Å². The number of benzene rings is 4. The minimum Gasteiger partial charge on any atom is -0.507 e. The number of phenolic OH excluding ortho intramolecular Hbond substituents is 1. The molecule has 4 rings (SSSR count). The smallest absolute Gasteiger partial charge is 0.131 e. The molecule has 30 heavy (non-hydrogen) atoms. The number of aliphatic imine (C=N–C) groups is 1. The minimum absolute atomic E-state index is 0.155.